The van der Waals surface area contributed by atoms with Crippen LogP contribution in [0.25, 0.3) is 0 Å². The lowest BCUT2D eigenvalue weighted by atomic mass is 10.0. The van der Waals surface area contributed by atoms with Crippen molar-refractivity contribution in [2.24, 2.45) is 5.73 Å². The predicted octanol–water partition coefficient (Wildman–Crippen LogP) is 2.01. The van der Waals surface area contributed by atoms with Crippen LogP contribution in [-0.4, -0.2) is 34.5 Å². The van der Waals surface area contributed by atoms with Gasteiger partial charge in [-0.2, -0.15) is 0 Å². The number of hydrogen-bond acceptors (Lipinski definition) is 3. The molecule has 0 radical (unpaired) electrons. The number of nitrogens with two attached hydrogens (primary N) is 1. The minimum Gasteiger partial charge on any atom is -0.391 e. The van der Waals surface area contributed by atoms with Crippen LogP contribution >= 0.6 is 0 Å². The third kappa shape index (κ3) is 3.36. The molecular weight excluding hydrogens is 330 g/mol. The molecule has 3 N–H and O–H groups in total. The van der Waals surface area contributed by atoms with Gasteiger partial charge in [0, 0.05) is 23.2 Å². The van der Waals surface area contributed by atoms with Crippen molar-refractivity contribution in [1.29, 1.82) is 0 Å². The number of aliphatic hydroxyl groups is 1. The van der Waals surface area contributed by atoms with E-state index in [9.17, 15) is 23.5 Å². The van der Waals surface area contributed by atoms with Crippen molar-refractivity contribution in [3.63, 3.8) is 0 Å². The average Bonchev–Trinajstić information content (AvgIpc) is 2.98. The first-order valence-electron chi connectivity index (χ1n) is 7.70. The number of likely N-dealkylation sites (tertiary alicyclic amines) is 1. The van der Waals surface area contributed by atoms with E-state index in [2.05, 4.69) is 0 Å². The molecule has 25 heavy (non-hydrogen) atoms. The molecule has 0 saturated carbocycles. The summed E-state index contributed by atoms with van der Waals surface area (Å²) >= 11 is 0. The predicted molar refractivity (Wildman–Crippen MR) is 85.7 cm³/mol. The Hall–Kier alpha value is -2.80. The third-order valence-corrected chi connectivity index (χ3v) is 4.27. The van der Waals surface area contributed by atoms with Crippen molar-refractivity contribution >= 4 is 11.8 Å². The Morgan fingerprint density at radius 1 is 1.08 bits per heavy atom. The normalized spacial score (nSPS) is 19.9. The van der Waals surface area contributed by atoms with Crippen LogP contribution in [0.4, 0.5) is 8.78 Å². The van der Waals surface area contributed by atoms with Gasteiger partial charge in [0.1, 0.15) is 11.6 Å². The monoisotopic (exact) mass is 346 g/mol. The summed E-state index contributed by atoms with van der Waals surface area (Å²) in [4.78, 5) is 25.1. The van der Waals surface area contributed by atoms with Crippen molar-refractivity contribution in [1.82, 2.24) is 4.90 Å². The third-order valence-electron chi connectivity index (χ3n) is 4.27. The highest BCUT2D eigenvalue weighted by molar-refractivity contribution is 5.97. The maximum atomic E-state index is 14.1. The van der Waals surface area contributed by atoms with E-state index in [1.165, 1.54) is 29.2 Å². The lowest BCUT2D eigenvalue weighted by Crippen LogP contribution is -2.32. The van der Waals surface area contributed by atoms with Crippen LogP contribution in [0.5, 0.6) is 0 Å². The Morgan fingerprint density at radius 2 is 1.72 bits per heavy atom. The summed E-state index contributed by atoms with van der Waals surface area (Å²) in [6.45, 7) is 0.0109. The van der Waals surface area contributed by atoms with Crippen molar-refractivity contribution in [3.8, 4) is 0 Å². The minimum absolute atomic E-state index is 0.0109. The first-order chi connectivity index (χ1) is 11.9. The number of primary amides is 1. The van der Waals surface area contributed by atoms with Gasteiger partial charge in [-0.3, -0.25) is 9.59 Å². The Labute approximate surface area is 142 Å². The topological polar surface area (TPSA) is 83.6 Å². The average molecular weight is 346 g/mol. The van der Waals surface area contributed by atoms with E-state index in [1.54, 1.807) is 0 Å². The van der Waals surface area contributed by atoms with Crippen LogP contribution in [0.3, 0.4) is 0 Å². The van der Waals surface area contributed by atoms with Gasteiger partial charge in [-0.25, -0.2) is 8.78 Å². The summed E-state index contributed by atoms with van der Waals surface area (Å²) < 4.78 is 27.6. The van der Waals surface area contributed by atoms with Crippen LogP contribution in [0.15, 0.2) is 42.5 Å². The standard InChI is InChI=1S/C18H16F2N2O3/c19-12-5-6-15(20)14(7-12)16-8-13(23)9-22(16)18(25)11-3-1-10(2-4-11)17(21)24/h1-7,13,16,23H,8-9H2,(H2,21,24)/t13-,16+/m0/s1. The molecule has 1 saturated heterocycles. The van der Waals surface area contributed by atoms with Gasteiger partial charge in [0.05, 0.1) is 12.1 Å². The molecule has 0 aliphatic carbocycles. The van der Waals surface area contributed by atoms with Gasteiger partial charge in [0.15, 0.2) is 0 Å². The van der Waals surface area contributed by atoms with E-state index in [-0.39, 0.29) is 29.7 Å². The summed E-state index contributed by atoms with van der Waals surface area (Å²) in [5.41, 5.74) is 5.71. The zero-order valence-electron chi connectivity index (χ0n) is 13.2. The molecule has 1 aliphatic heterocycles. The maximum Gasteiger partial charge on any atom is 0.254 e. The molecule has 130 valence electrons. The maximum absolute atomic E-state index is 14.1. The van der Waals surface area contributed by atoms with Crippen molar-refractivity contribution in [3.05, 3.63) is 70.8 Å². The van der Waals surface area contributed by atoms with Gasteiger partial charge in [0.25, 0.3) is 5.91 Å². The fourth-order valence-corrected chi connectivity index (χ4v) is 3.05. The highest BCUT2D eigenvalue weighted by Gasteiger charge is 2.37. The number of halogens is 2. The number of amides is 2. The summed E-state index contributed by atoms with van der Waals surface area (Å²) in [7, 11) is 0. The number of carbonyl (C=O) groups excluding carboxylic acids is 2. The summed E-state index contributed by atoms with van der Waals surface area (Å²) in [5.74, 6) is -2.31. The molecule has 1 aliphatic rings. The molecule has 7 heteroatoms. The van der Waals surface area contributed by atoms with Gasteiger partial charge in [-0.05, 0) is 48.9 Å². The molecule has 2 atom stereocenters. The van der Waals surface area contributed by atoms with E-state index in [4.69, 9.17) is 5.73 Å². The SMILES string of the molecule is NC(=O)c1ccc(C(=O)N2C[C@@H](O)C[C@@H]2c2cc(F)ccc2F)cc1. The first-order valence-corrected chi connectivity index (χ1v) is 7.70. The van der Waals surface area contributed by atoms with Crippen LogP contribution < -0.4 is 5.73 Å². The first kappa shape index (κ1) is 17.0. The highest BCUT2D eigenvalue weighted by Crippen LogP contribution is 2.35. The van der Waals surface area contributed by atoms with E-state index in [0.717, 1.165) is 18.2 Å². The molecule has 1 fully saturated rings. The molecule has 0 bridgehead atoms. The fraction of sp³-hybridized carbons (Fsp3) is 0.222. The lowest BCUT2D eigenvalue weighted by Gasteiger charge is -2.25. The molecule has 3 rings (SSSR count). The number of hydrogen-bond donors (Lipinski definition) is 2. The largest absolute Gasteiger partial charge is 0.391 e. The smallest absolute Gasteiger partial charge is 0.254 e. The van der Waals surface area contributed by atoms with Crippen LogP contribution in [-0.2, 0) is 0 Å². The number of nitrogens with zero attached hydrogens (tertiary/aromatic N) is 1. The van der Waals surface area contributed by atoms with Crippen LogP contribution in [0.1, 0.15) is 38.7 Å². The van der Waals surface area contributed by atoms with E-state index in [1.807, 2.05) is 0 Å². The number of benzene rings is 2. The molecule has 0 aromatic heterocycles. The molecule has 0 spiro atoms. The van der Waals surface area contributed by atoms with Crippen molar-refractivity contribution in [2.75, 3.05) is 6.54 Å². The summed E-state index contributed by atoms with van der Waals surface area (Å²) in [6.07, 6.45) is -0.715. The van der Waals surface area contributed by atoms with Crippen LogP contribution in [0, 0.1) is 11.6 Å². The zero-order valence-corrected chi connectivity index (χ0v) is 13.2. The van der Waals surface area contributed by atoms with Gasteiger partial charge < -0.3 is 15.7 Å². The molecule has 2 aromatic rings. The molecular formula is C18H16F2N2O3. The summed E-state index contributed by atoms with van der Waals surface area (Å²) in [6, 6.07) is 7.97. The fourth-order valence-electron chi connectivity index (χ4n) is 3.05. The Kier molecular flexibility index (Phi) is 4.50. The van der Waals surface area contributed by atoms with Crippen LogP contribution in [0.2, 0.25) is 0 Å². The van der Waals surface area contributed by atoms with Gasteiger partial charge in [-0.15, -0.1) is 0 Å². The Balaban J connectivity index is 1.92. The zero-order chi connectivity index (χ0) is 18.1. The number of aliphatic hydroxyl groups excluding tert-OH is 1. The molecule has 1 heterocycles. The second kappa shape index (κ2) is 6.60. The molecule has 5 nitrogen and oxygen atoms in total. The molecule has 2 aromatic carbocycles. The Bertz CT molecular complexity index is 824. The van der Waals surface area contributed by atoms with E-state index >= 15 is 0 Å². The highest BCUT2D eigenvalue weighted by atomic mass is 19.1. The minimum atomic E-state index is -0.832. The molecule has 2 amide bonds. The number of rotatable bonds is 3. The number of β-amino-alcohol motifs (C(OH)–C–C–N with tert-alkyl or cyclic N) is 1. The summed E-state index contributed by atoms with van der Waals surface area (Å²) in [5, 5.41) is 9.93. The van der Waals surface area contributed by atoms with Gasteiger partial charge in [0.2, 0.25) is 5.91 Å². The molecule has 0 unspecified atom stereocenters. The quantitative estimate of drug-likeness (QED) is 0.892. The van der Waals surface area contributed by atoms with Gasteiger partial charge >= 0.3 is 0 Å². The Morgan fingerprint density at radius 3 is 2.36 bits per heavy atom. The van der Waals surface area contributed by atoms with E-state index in [0.29, 0.717) is 0 Å². The number of carbonyl (C=O) groups is 2. The van der Waals surface area contributed by atoms with Gasteiger partial charge in [-0.1, -0.05) is 0 Å². The second-order valence-electron chi connectivity index (χ2n) is 5.97. The second-order valence-corrected chi connectivity index (χ2v) is 5.97. The van der Waals surface area contributed by atoms with E-state index < -0.39 is 35.6 Å². The van der Waals surface area contributed by atoms with Crippen molar-refractivity contribution < 1.29 is 23.5 Å². The lowest BCUT2D eigenvalue weighted by molar-refractivity contribution is 0.0713. The van der Waals surface area contributed by atoms with Crippen molar-refractivity contribution in [2.45, 2.75) is 18.6 Å².